The van der Waals surface area contributed by atoms with Gasteiger partial charge in [0.15, 0.2) is 0 Å². The normalized spacial score (nSPS) is 13.7. The minimum atomic E-state index is -2.64. The second kappa shape index (κ2) is 11.2. The molecule has 0 bridgehead atoms. The van der Waals surface area contributed by atoms with Crippen molar-refractivity contribution in [3.05, 3.63) is 71.3 Å². The number of aryl methyl sites for hydroxylation is 1. The smallest absolute Gasteiger partial charge is 0.263 e. The molecular weight excluding hydrogens is 454 g/mol. The highest BCUT2D eigenvalue weighted by atomic mass is 19.3. The first-order valence-corrected chi connectivity index (χ1v) is 11.4. The second-order valence-corrected chi connectivity index (χ2v) is 8.26. The van der Waals surface area contributed by atoms with Crippen molar-refractivity contribution in [1.82, 2.24) is 4.98 Å². The molecule has 1 aliphatic heterocycles. The minimum Gasteiger partial charge on any atom is -0.395 e. The molecule has 4 rings (SSSR count). The molecule has 0 atom stereocenters. The molecule has 9 heteroatoms. The van der Waals surface area contributed by atoms with Crippen LogP contribution in [0, 0.1) is 6.92 Å². The summed E-state index contributed by atoms with van der Waals surface area (Å²) >= 11 is 0. The van der Waals surface area contributed by atoms with Crippen LogP contribution in [-0.4, -0.2) is 55.5 Å². The molecule has 1 aromatic heterocycles. The van der Waals surface area contributed by atoms with Crippen molar-refractivity contribution >= 4 is 23.2 Å². The van der Waals surface area contributed by atoms with Crippen molar-refractivity contribution in [2.24, 2.45) is 0 Å². The number of nitrogens with one attached hydrogen (secondary N) is 2. The van der Waals surface area contributed by atoms with Crippen molar-refractivity contribution in [2.75, 3.05) is 55.0 Å². The first kappa shape index (κ1) is 24.6. The summed E-state index contributed by atoms with van der Waals surface area (Å²) in [6.07, 6.45) is -2.64. The first-order chi connectivity index (χ1) is 16.9. The summed E-state index contributed by atoms with van der Waals surface area (Å²) in [6, 6.07) is 14.9. The van der Waals surface area contributed by atoms with Crippen LogP contribution in [0.4, 0.5) is 26.1 Å². The Morgan fingerprint density at radius 3 is 2.69 bits per heavy atom. The predicted octanol–water partition coefficient (Wildman–Crippen LogP) is 4.49. The SMILES string of the molecule is Cc1ccc(NC(=O)c2cccc(C(F)F)c2)cc1-c1cc(NCCO)nc(N2CCOCC2)c1. The van der Waals surface area contributed by atoms with Gasteiger partial charge >= 0.3 is 0 Å². The molecule has 1 amide bonds. The van der Waals surface area contributed by atoms with Gasteiger partial charge in [-0.15, -0.1) is 0 Å². The van der Waals surface area contributed by atoms with Crippen LogP contribution in [-0.2, 0) is 4.74 Å². The number of aliphatic hydroxyl groups is 1. The Balaban J connectivity index is 1.64. The zero-order valence-electron chi connectivity index (χ0n) is 19.4. The van der Waals surface area contributed by atoms with Gasteiger partial charge in [-0.05, 0) is 60.0 Å². The van der Waals surface area contributed by atoms with E-state index >= 15 is 0 Å². The first-order valence-electron chi connectivity index (χ1n) is 11.4. The lowest BCUT2D eigenvalue weighted by Gasteiger charge is -2.28. The van der Waals surface area contributed by atoms with Gasteiger partial charge in [-0.2, -0.15) is 0 Å². The number of rotatable bonds is 8. The van der Waals surface area contributed by atoms with E-state index in [9.17, 15) is 18.7 Å². The summed E-state index contributed by atoms with van der Waals surface area (Å²) in [4.78, 5) is 19.6. The van der Waals surface area contributed by atoms with Crippen LogP contribution >= 0.6 is 0 Å². The standard InChI is InChI=1S/C26H28F2N4O3/c1-17-5-6-21(30-26(34)19-4-2-3-18(13-19)25(27)28)16-22(17)20-14-23(29-7-10-33)31-24(15-20)32-8-11-35-12-9-32/h2-6,13-16,25,33H,7-12H2,1H3,(H,29,31)(H,30,34). The van der Waals surface area contributed by atoms with Gasteiger partial charge in [0, 0.05) is 36.4 Å². The maximum atomic E-state index is 13.0. The Morgan fingerprint density at radius 2 is 1.94 bits per heavy atom. The molecule has 1 saturated heterocycles. The third-order valence-electron chi connectivity index (χ3n) is 5.77. The van der Waals surface area contributed by atoms with E-state index in [1.807, 2.05) is 31.2 Å². The lowest BCUT2D eigenvalue weighted by molar-refractivity contribution is 0.102. The molecule has 0 aliphatic carbocycles. The summed E-state index contributed by atoms with van der Waals surface area (Å²) in [6.45, 7) is 5.02. The van der Waals surface area contributed by atoms with E-state index in [1.165, 1.54) is 24.3 Å². The number of benzene rings is 2. The fraction of sp³-hybridized carbons (Fsp3) is 0.308. The minimum absolute atomic E-state index is 0.0217. The third-order valence-corrected chi connectivity index (χ3v) is 5.77. The van der Waals surface area contributed by atoms with Gasteiger partial charge in [0.2, 0.25) is 0 Å². The maximum Gasteiger partial charge on any atom is 0.263 e. The summed E-state index contributed by atoms with van der Waals surface area (Å²) < 4.78 is 31.5. The fourth-order valence-electron chi connectivity index (χ4n) is 3.93. The number of alkyl halides is 2. The van der Waals surface area contributed by atoms with Gasteiger partial charge in [0.25, 0.3) is 12.3 Å². The largest absolute Gasteiger partial charge is 0.395 e. The summed E-state index contributed by atoms with van der Waals surface area (Å²) in [7, 11) is 0. The number of pyridine rings is 1. The van der Waals surface area contributed by atoms with Gasteiger partial charge in [-0.3, -0.25) is 4.79 Å². The predicted molar refractivity (Wildman–Crippen MR) is 132 cm³/mol. The Kier molecular flexibility index (Phi) is 7.89. The molecule has 0 radical (unpaired) electrons. The molecule has 1 aliphatic rings. The average Bonchev–Trinajstić information content (AvgIpc) is 2.89. The highest BCUT2D eigenvalue weighted by molar-refractivity contribution is 6.04. The average molecular weight is 483 g/mol. The molecule has 2 aromatic carbocycles. The number of anilines is 3. The number of aliphatic hydroxyl groups excluding tert-OH is 1. The lowest BCUT2D eigenvalue weighted by Crippen LogP contribution is -2.36. The van der Waals surface area contributed by atoms with Crippen LogP contribution in [0.25, 0.3) is 11.1 Å². The summed E-state index contributed by atoms with van der Waals surface area (Å²) in [5, 5.41) is 15.2. The molecule has 3 N–H and O–H groups in total. The van der Waals surface area contributed by atoms with Crippen molar-refractivity contribution in [3.63, 3.8) is 0 Å². The van der Waals surface area contributed by atoms with Crippen molar-refractivity contribution in [2.45, 2.75) is 13.3 Å². The number of hydrogen-bond donors (Lipinski definition) is 3. The van der Waals surface area contributed by atoms with E-state index in [4.69, 9.17) is 9.72 Å². The number of carbonyl (C=O) groups is 1. The van der Waals surface area contributed by atoms with Gasteiger partial charge in [0.1, 0.15) is 11.6 Å². The number of carbonyl (C=O) groups excluding carboxylic acids is 1. The fourth-order valence-corrected chi connectivity index (χ4v) is 3.93. The van der Waals surface area contributed by atoms with Crippen LogP contribution in [0.1, 0.15) is 27.9 Å². The second-order valence-electron chi connectivity index (χ2n) is 8.26. The number of morpholine rings is 1. The zero-order valence-corrected chi connectivity index (χ0v) is 19.4. The van der Waals surface area contributed by atoms with Crippen LogP contribution < -0.4 is 15.5 Å². The van der Waals surface area contributed by atoms with Crippen molar-refractivity contribution in [3.8, 4) is 11.1 Å². The molecule has 0 unspecified atom stereocenters. The number of hydrogen-bond acceptors (Lipinski definition) is 6. The Labute approximate surface area is 202 Å². The maximum absolute atomic E-state index is 13.0. The summed E-state index contributed by atoms with van der Waals surface area (Å²) in [5.74, 6) is 0.968. The van der Waals surface area contributed by atoms with E-state index in [0.29, 0.717) is 31.3 Å². The van der Waals surface area contributed by atoms with Crippen LogP contribution in [0.15, 0.2) is 54.6 Å². The molecule has 2 heterocycles. The highest BCUT2D eigenvalue weighted by Gasteiger charge is 2.17. The summed E-state index contributed by atoms with van der Waals surface area (Å²) in [5.41, 5.74) is 3.31. The quantitative estimate of drug-likeness (QED) is 0.439. The lowest BCUT2D eigenvalue weighted by atomic mass is 10.00. The van der Waals surface area contributed by atoms with Crippen LogP contribution in [0.3, 0.4) is 0 Å². The van der Waals surface area contributed by atoms with E-state index < -0.39 is 12.3 Å². The van der Waals surface area contributed by atoms with Crippen molar-refractivity contribution in [1.29, 1.82) is 0 Å². The third kappa shape index (κ3) is 6.12. The van der Waals surface area contributed by atoms with Gasteiger partial charge in [0.05, 0.1) is 19.8 Å². The molecule has 7 nitrogen and oxygen atoms in total. The number of ether oxygens (including phenoxy) is 1. The Morgan fingerprint density at radius 1 is 1.14 bits per heavy atom. The van der Waals surface area contributed by atoms with E-state index in [-0.39, 0.29) is 17.7 Å². The van der Waals surface area contributed by atoms with Gasteiger partial charge in [-0.25, -0.2) is 13.8 Å². The van der Waals surface area contributed by atoms with Gasteiger partial charge in [-0.1, -0.05) is 18.2 Å². The molecule has 0 saturated carbocycles. The zero-order chi connectivity index (χ0) is 24.8. The topological polar surface area (TPSA) is 86.7 Å². The van der Waals surface area contributed by atoms with Crippen LogP contribution in [0.2, 0.25) is 0 Å². The van der Waals surface area contributed by atoms with Gasteiger partial charge < -0.3 is 25.4 Å². The number of aromatic nitrogens is 1. The molecule has 0 spiro atoms. The molecule has 35 heavy (non-hydrogen) atoms. The van der Waals surface area contributed by atoms with E-state index in [1.54, 1.807) is 6.07 Å². The number of amides is 1. The Hall–Kier alpha value is -3.56. The van der Waals surface area contributed by atoms with Crippen molar-refractivity contribution < 1.29 is 23.4 Å². The van der Waals surface area contributed by atoms with E-state index in [0.717, 1.165) is 35.6 Å². The molecule has 1 fully saturated rings. The van der Waals surface area contributed by atoms with E-state index in [2.05, 4.69) is 15.5 Å². The van der Waals surface area contributed by atoms with Crippen LogP contribution in [0.5, 0.6) is 0 Å². The molecule has 3 aromatic rings. The Bertz CT molecular complexity index is 1180. The molecular formula is C26H28F2N4O3. The highest BCUT2D eigenvalue weighted by Crippen LogP contribution is 2.31. The monoisotopic (exact) mass is 482 g/mol. The molecule has 184 valence electrons. The number of halogens is 2. The number of nitrogens with zero attached hydrogens (tertiary/aromatic N) is 2.